The quantitative estimate of drug-likeness (QED) is 0.557. The predicted octanol–water partition coefficient (Wildman–Crippen LogP) is 4.37. The van der Waals surface area contributed by atoms with Crippen LogP contribution in [0.5, 0.6) is 0 Å². The third kappa shape index (κ3) is 4.14. The summed E-state index contributed by atoms with van der Waals surface area (Å²) in [5.41, 5.74) is 0. The first kappa shape index (κ1) is 12.9. The zero-order chi connectivity index (χ0) is 10.6. The number of halogens is 4. The Bertz CT molecular complexity index is 168. The van der Waals surface area contributed by atoms with Crippen LogP contribution < -0.4 is 0 Å². The summed E-state index contributed by atoms with van der Waals surface area (Å²) in [6.45, 7) is 0.582. The maximum absolute atomic E-state index is 12.3. The molecule has 0 aromatic rings. The molecule has 1 nitrogen and oxygen atoms in total. The molecule has 1 saturated carbocycles. The van der Waals surface area contributed by atoms with Crippen molar-refractivity contribution in [3.63, 3.8) is 0 Å². The Balaban J connectivity index is 2.24. The first-order valence-electron chi connectivity index (χ1n) is 4.51. The number of hydrogen-bond acceptors (Lipinski definition) is 2. The molecule has 0 N–H and O–H groups in total. The van der Waals surface area contributed by atoms with Crippen molar-refractivity contribution in [2.45, 2.75) is 31.9 Å². The maximum atomic E-state index is 12.3. The summed E-state index contributed by atoms with van der Waals surface area (Å²) in [5.74, 6) is -0.762. The number of alkyl halides is 3. The summed E-state index contributed by atoms with van der Waals surface area (Å²) < 4.78 is 42.0. The average molecular weight is 340 g/mol. The van der Waals surface area contributed by atoms with Gasteiger partial charge in [-0.3, -0.25) is 0 Å². The van der Waals surface area contributed by atoms with Crippen LogP contribution in [0.15, 0.2) is 0 Å². The van der Waals surface area contributed by atoms with E-state index in [0.717, 1.165) is 0 Å². The Morgan fingerprint density at radius 2 is 1.79 bits per heavy atom. The van der Waals surface area contributed by atoms with Gasteiger partial charge in [-0.25, -0.2) is 0 Å². The normalized spacial score (nSPS) is 29.1. The average Bonchev–Trinajstić information content (AvgIpc) is 2.14. The third-order valence-corrected chi connectivity index (χ3v) is 3.65. The fourth-order valence-electron chi connectivity index (χ4n) is 1.78. The zero-order valence-corrected chi connectivity index (χ0v) is 10.5. The smallest absolute Gasteiger partial charge is 0.305 e. The monoisotopic (exact) mass is 340 g/mol. The summed E-state index contributed by atoms with van der Waals surface area (Å²) in [6, 6.07) is 0. The molecule has 6 heteroatoms. The molecule has 0 bridgehead atoms. The molecule has 0 aromatic carbocycles. The van der Waals surface area contributed by atoms with Gasteiger partial charge in [-0.1, -0.05) is 0 Å². The summed E-state index contributed by atoms with van der Waals surface area (Å²) in [7, 11) is 1.25. The van der Waals surface area contributed by atoms with Gasteiger partial charge in [0.15, 0.2) is 0 Å². The van der Waals surface area contributed by atoms with Gasteiger partial charge in [0.05, 0.1) is 21.7 Å². The van der Waals surface area contributed by atoms with Gasteiger partial charge in [0.2, 0.25) is 0 Å². The van der Waals surface area contributed by atoms with Crippen LogP contribution in [0.25, 0.3) is 0 Å². The fraction of sp³-hybridized carbons (Fsp3) is 1.00. The molecule has 0 amide bonds. The minimum atomic E-state index is -4.00. The van der Waals surface area contributed by atoms with E-state index in [2.05, 4.69) is 0 Å². The molecule has 0 aliphatic heterocycles. The molecule has 0 atom stereocenters. The van der Waals surface area contributed by atoms with Crippen LogP contribution in [0.3, 0.4) is 0 Å². The van der Waals surface area contributed by atoms with Crippen molar-refractivity contribution in [1.82, 2.24) is 0 Å². The van der Waals surface area contributed by atoms with E-state index in [1.165, 1.54) is 9.21 Å². The van der Waals surface area contributed by atoms with Gasteiger partial charge in [0.25, 0.3) is 0 Å². The van der Waals surface area contributed by atoms with Crippen LogP contribution in [-0.4, -0.2) is 12.8 Å². The van der Waals surface area contributed by atoms with E-state index < -0.39 is 12.1 Å². The van der Waals surface area contributed by atoms with Crippen LogP contribution in [0.1, 0.15) is 25.7 Å². The molecular formula is C8H12F3IOS. The Kier molecular flexibility index (Phi) is 5.33. The van der Waals surface area contributed by atoms with E-state index in [1.807, 2.05) is 21.2 Å². The lowest BCUT2D eigenvalue weighted by Crippen LogP contribution is -2.28. The van der Waals surface area contributed by atoms with Crippen molar-refractivity contribution in [2.24, 2.45) is 11.8 Å². The number of rotatable bonds is 3. The van der Waals surface area contributed by atoms with Gasteiger partial charge in [-0.15, -0.1) is 0 Å². The minimum absolute atomic E-state index is 0.267. The molecule has 0 radical (unpaired) electrons. The Morgan fingerprint density at radius 3 is 2.21 bits per heavy atom. The van der Waals surface area contributed by atoms with Gasteiger partial charge in [-0.05, 0) is 31.6 Å². The summed E-state index contributed by atoms with van der Waals surface area (Å²) in [4.78, 5) is 0. The molecule has 0 aromatic heterocycles. The molecule has 0 spiro atoms. The zero-order valence-electron chi connectivity index (χ0n) is 7.52. The summed E-state index contributed by atoms with van der Waals surface area (Å²) in [6.07, 6.45) is -2.18. The SMILES string of the molecule is FC(F)(F)[C@H]1CC[C@H](COSI)CC1. The van der Waals surface area contributed by atoms with Crippen LogP contribution in [-0.2, 0) is 4.18 Å². The summed E-state index contributed by atoms with van der Waals surface area (Å²) >= 11 is 2.01. The van der Waals surface area contributed by atoms with E-state index in [1.54, 1.807) is 0 Å². The van der Waals surface area contributed by atoms with Crippen LogP contribution >= 0.6 is 30.4 Å². The molecule has 1 aliphatic rings. The second-order valence-corrected chi connectivity index (χ2v) is 5.05. The topological polar surface area (TPSA) is 9.23 Å². The Morgan fingerprint density at radius 1 is 1.21 bits per heavy atom. The van der Waals surface area contributed by atoms with Gasteiger partial charge in [0, 0.05) is 21.2 Å². The van der Waals surface area contributed by atoms with Gasteiger partial charge in [-0.2, -0.15) is 13.2 Å². The van der Waals surface area contributed by atoms with Crippen LogP contribution in [0.4, 0.5) is 13.2 Å². The molecule has 1 aliphatic carbocycles. The van der Waals surface area contributed by atoms with E-state index >= 15 is 0 Å². The summed E-state index contributed by atoms with van der Waals surface area (Å²) in [5, 5.41) is 0. The highest BCUT2D eigenvalue weighted by Crippen LogP contribution is 2.39. The highest BCUT2D eigenvalue weighted by atomic mass is 127. The van der Waals surface area contributed by atoms with E-state index in [0.29, 0.717) is 25.4 Å². The van der Waals surface area contributed by atoms with E-state index in [4.69, 9.17) is 4.18 Å². The van der Waals surface area contributed by atoms with Crippen molar-refractivity contribution >= 4 is 30.4 Å². The molecule has 0 heterocycles. The second kappa shape index (κ2) is 5.79. The standard InChI is InChI=1S/C8H12F3IOS/c9-8(10,11)7-3-1-6(2-4-7)5-13-14-12/h6-7H,1-5H2/t6-,7-. The largest absolute Gasteiger partial charge is 0.391 e. The first-order valence-corrected chi connectivity index (χ1v) is 7.79. The van der Waals surface area contributed by atoms with E-state index in [-0.39, 0.29) is 12.8 Å². The molecule has 14 heavy (non-hydrogen) atoms. The minimum Gasteiger partial charge on any atom is -0.305 e. The van der Waals surface area contributed by atoms with Crippen molar-refractivity contribution < 1.29 is 17.4 Å². The van der Waals surface area contributed by atoms with Crippen molar-refractivity contribution in [2.75, 3.05) is 6.61 Å². The van der Waals surface area contributed by atoms with Crippen LogP contribution in [0.2, 0.25) is 0 Å². The lowest BCUT2D eigenvalue weighted by atomic mass is 9.82. The lowest BCUT2D eigenvalue weighted by Gasteiger charge is -2.29. The van der Waals surface area contributed by atoms with Gasteiger partial charge < -0.3 is 4.18 Å². The van der Waals surface area contributed by atoms with Crippen molar-refractivity contribution in [3.05, 3.63) is 0 Å². The fourth-order valence-corrected chi connectivity index (χ4v) is 2.46. The Hall–Kier alpha value is 0.830. The van der Waals surface area contributed by atoms with Crippen molar-refractivity contribution in [3.8, 4) is 0 Å². The van der Waals surface area contributed by atoms with E-state index in [9.17, 15) is 13.2 Å². The molecule has 1 fully saturated rings. The van der Waals surface area contributed by atoms with Crippen molar-refractivity contribution in [1.29, 1.82) is 0 Å². The maximum Gasteiger partial charge on any atom is 0.391 e. The molecule has 0 saturated heterocycles. The lowest BCUT2D eigenvalue weighted by molar-refractivity contribution is -0.184. The predicted molar refractivity (Wildman–Crippen MR) is 59.1 cm³/mol. The molecular weight excluding hydrogens is 328 g/mol. The number of hydrogen-bond donors (Lipinski definition) is 0. The second-order valence-electron chi connectivity index (χ2n) is 3.61. The molecule has 84 valence electrons. The van der Waals surface area contributed by atoms with Gasteiger partial charge in [0.1, 0.15) is 0 Å². The first-order chi connectivity index (χ1) is 6.54. The molecule has 0 unspecified atom stereocenters. The Labute approximate surface area is 97.9 Å². The highest BCUT2D eigenvalue weighted by Gasteiger charge is 2.41. The molecule has 1 rings (SSSR count). The van der Waals surface area contributed by atoms with Crippen LogP contribution in [0, 0.1) is 11.8 Å². The third-order valence-electron chi connectivity index (χ3n) is 2.66. The van der Waals surface area contributed by atoms with Gasteiger partial charge >= 0.3 is 6.18 Å². The highest BCUT2D eigenvalue weighted by molar-refractivity contribution is 14.2.